The van der Waals surface area contributed by atoms with Gasteiger partial charge in [0.15, 0.2) is 0 Å². The molecule has 3 N–H and O–H groups in total. The van der Waals surface area contributed by atoms with Gasteiger partial charge in [-0.15, -0.1) is 0 Å². The monoisotopic (exact) mass is 308 g/mol. The Kier molecular flexibility index (Phi) is 3.47. The van der Waals surface area contributed by atoms with Crippen LogP contribution in [-0.4, -0.2) is 16.1 Å². The minimum Gasteiger partial charge on any atom is -0.477 e. The standard InChI is InChI=1S/C12H9BrN2O3/c13-7-2-1-3-9(4-7)18-11-10(12(16)17)5-8(14)6-15-11/h1-6H,14H2,(H,16,17). The molecule has 0 radical (unpaired) electrons. The van der Waals surface area contributed by atoms with Crippen molar-refractivity contribution in [3.8, 4) is 11.6 Å². The summed E-state index contributed by atoms with van der Waals surface area (Å²) < 4.78 is 6.26. The number of halogens is 1. The molecule has 0 aliphatic rings. The van der Waals surface area contributed by atoms with Crippen molar-refractivity contribution in [2.75, 3.05) is 5.73 Å². The predicted molar refractivity (Wildman–Crippen MR) is 69.8 cm³/mol. The number of ether oxygens (including phenoxy) is 1. The quantitative estimate of drug-likeness (QED) is 0.910. The van der Waals surface area contributed by atoms with Gasteiger partial charge < -0.3 is 15.6 Å². The summed E-state index contributed by atoms with van der Waals surface area (Å²) in [4.78, 5) is 14.9. The first-order valence-corrected chi connectivity index (χ1v) is 5.78. The van der Waals surface area contributed by atoms with Gasteiger partial charge in [-0.2, -0.15) is 0 Å². The first-order chi connectivity index (χ1) is 8.56. The van der Waals surface area contributed by atoms with Crippen molar-refractivity contribution < 1.29 is 14.6 Å². The van der Waals surface area contributed by atoms with Gasteiger partial charge in [-0.05, 0) is 24.3 Å². The lowest BCUT2D eigenvalue weighted by Crippen LogP contribution is -2.03. The van der Waals surface area contributed by atoms with E-state index in [1.165, 1.54) is 12.3 Å². The third kappa shape index (κ3) is 2.78. The molecule has 6 heteroatoms. The summed E-state index contributed by atoms with van der Waals surface area (Å²) in [6, 6.07) is 8.33. The highest BCUT2D eigenvalue weighted by Crippen LogP contribution is 2.26. The first-order valence-electron chi connectivity index (χ1n) is 4.98. The van der Waals surface area contributed by atoms with Gasteiger partial charge in [-0.3, -0.25) is 0 Å². The van der Waals surface area contributed by atoms with Crippen LogP contribution in [0.2, 0.25) is 0 Å². The molecule has 0 saturated heterocycles. The molecule has 1 aromatic heterocycles. The van der Waals surface area contributed by atoms with Crippen molar-refractivity contribution in [1.82, 2.24) is 4.98 Å². The number of aromatic nitrogens is 1. The zero-order valence-electron chi connectivity index (χ0n) is 9.13. The SMILES string of the molecule is Nc1cnc(Oc2cccc(Br)c2)c(C(=O)O)c1. The number of nitrogen functional groups attached to an aromatic ring is 1. The van der Waals surface area contributed by atoms with Crippen molar-refractivity contribution in [3.05, 3.63) is 46.6 Å². The van der Waals surface area contributed by atoms with Gasteiger partial charge >= 0.3 is 5.97 Å². The molecule has 2 rings (SSSR count). The van der Waals surface area contributed by atoms with E-state index in [0.717, 1.165) is 4.47 Å². The fraction of sp³-hybridized carbons (Fsp3) is 0. The van der Waals surface area contributed by atoms with Gasteiger partial charge in [0.2, 0.25) is 5.88 Å². The number of nitrogens with zero attached hydrogens (tertiary/aromatic N) is 1. The van der Waals surface area contributed by atoms with Gasteiger partial charge in [0, 0.05) is 4.47 Å². The Balaban J connectivity index is 2.37. The van der Waals surface area contributed by atoms with E-state index in [4.69, 9.17) is 15.6 Å². The van der Waals surface area contributed by atoms with Gasteiger partial charge in [-0.25, -0.2) is 9.78 Å². The average Bonchev–Trinajstić information content (AvgIpc) is 2.31. The Morgan fingerprint density at radius 3 is 2.83 bits per heavy atom. The number of nitrogens with two attached hydrogens (primary N) is 1. The molecule has 1 heterocycles. The summed E-state index contributed by atoms with van der Waals surface area (Å²) in [5.74, 6) is -0.640. The smallest absolute Gasteiger partial charge is 0.341 e. The van der Waals surface area contributed by atoms with Crippen molar-refractivity contribution >= 4 is 27.6 Å². The van der Waals surface area contributed by atoms with Crippen LogP contribution in [0, 0.1) is 0 Å². The molecule has 0 fully saturated rings. The molecule has 0 spiro atoms. The topological polar surface area (TPSA) is 85.4 Å². The first kappa shape index (κ1) is 12.4. The average molecular weight is 309 g/mol. The van der Waals surface area contributed by atoms with Gasteiger partial charge in [-0.1, -0.05) is 22.0 Å². The number of anilines is 1. The highest BCUT2D eigenvalue weighted by Gasteiger charge is 2.14. The Bertz CT molecular complexity index is 602. The second-order valence-electron chi connectivity index (χ2n) is 3.49. The van der Waals surface area contributed by atoms with Crippen molar-refractivity contribution in [2.24, 2.45) is 0 Å². The minimum absolute atomic E-state index is 0.00907. The number of pyridine rings is 1. The lowest BCUT2D eigenvalue weighted by Gasteiger charge is -2.08. The number of hydrogen-bond acceptors (Lipinski definition) is 4. The minimum atomic E-state index is -1.14. The maximum Gasteiger partial charge on any atom is 0.341 e. The molecule has 0 unspecified atom stereocenters. The summed E-state index contributed by atoms with van der Waals surface area (Å²) in [6.45, 7) is 0. The summed E-state index contributed by atoms with van der Waals surface area (Å²) in [5, 5.41) is 9.04. The predicted octanol–water partition coefficient (Wildman–Crippen LogP) is 2.92. The lowest BCUT2D eigenvalue weighted by molar-refractivity contribution is 0.0693. The zero-order valence-corrected chi connectivity index (χ0v) is 10.7. The van der Waals surface area contributed by atoms with E-state index in [1.54, 1.807) is 18.2 Å². The molecular weight excluding hydrogens is 300 g/mol. The molecule has 92 valence electrons. The third-order valence-corrected chi connectivity index (χ3v) is 2.61. The number of hydrogen-bond donors (Lipinski definition) is 2. The molecular formula is C12H9BrN2O3. The number of aromatic carboxylic acids is 1. The van der Waals surface area contributed by atoms with Crippen molar-refractivity contribution in [2.45, 2.75) is 0 Å². The number of rotatable bonds is 3. The number of carbonyl (C=O) groups is 1. The van der Waals surface area contributed by atoms with Crippen molar-refractivity contribution in [1.29, 1.82) is 0 Å². The molecule has 0 saturated carbocycles. The Hall–Kier alpha value is -2.08. The lowest BCUT2D eigenvalue weighted by atomic mass is 10.2. The molecule has 5 nitrogen and oxygen atoms in total. The number of carboxylic acids is 1. The fourth-order valence-corrected chi connectivity index (χ4v) is 1.72. The molecule has 0 amide bonds. The summed E-state index contributed by atoms with van der Waals surface area (Å²) in [7, 11) is 0. The van der Waals surface area contributed by atoms with Crippen molar-refractivity contribution in [3.63, 3.8) is 0 Å². The summed E-state index contributed by atoms with van der Waals surface area (Å²) >= 11 is 3.30. The molecule has 0 aliphatic carbocycles. The highest BCUT2D eigenvalue weighted by atomic mass is 79.9. The van der Waals surface area contributed by atoms with E-state index in [2.05, 4.69) is 20.9 Å². The molecule has 18 heavy (non-hydrogen) atoms. The molecule has 0 atom stereocenters. The number of benzene rings is 1. The molecule has 0 aliphatic heterocycles. The van der Waals surface area contributed by atoms with Gasteiger partial charge in [0.25, 0.3) is 0 Å². The van der Waals surface area contributed by atoms with E-state index in [9.17, 15) is 4.79 Å². The van der Waals surface area contributed by atoms with E-state index in [-0.39, 0.29) is 17.1 Å². The van der Waals surface area contributed by atoms with E-state index in [1.807, 2.05) is 6.07 Å². The largest absolute Gasteiger partial charge is 0.477 e. The van der Waals surface area contributed by atoms with Crippen LogP contribution in [0.4, 0.5) is 5.69 Å². The second kappa shape index (κ2) is 5.05. The van der Waals surface area contributed by atoms with Crippen LogP contribution in [0.3, 0.4) is 0 Å². The van der Waals surface area contributed by atoms with Crippen LogP contribution in [0.25, 0.3) is 0 Å². The maximum atomic E-state index is 11.0. The summed E-state index contributed by atoms with van der Waals surface area (Å²) in [6.07, 6.45) is 1.35. The molecule has 2 aromatic rings. The molecule has 0 bridgehead atoms. The number of carboxylic acid groups (broad SMARTS) is 1. The Morgan fingerprint density at radius 1 is 1.39 bits per heavy atom. The molecule has 1 aromatic carbocycles. The third-order valence-electron chi connectivity index (χ3n) is 2.11. The second-order valence-corrected chi connectivity index (χ2v) is 4.40. The highest BCUT2D eigenvalue weighted by molar-refractivity contribution is 9.10. The van der Waals surface area contributed by atoms with Crippen LogP contribution >= 0.6 is 15.9 Å². The Labute approximate surface area is 111 Å². The fourth-order valence-electron chi connectivity index (χ4n) is 1.35. The van der Waals surface area contributed by atoms with Crippen LogP contribution < -0.4 is 10.5 Å². The van der Waals surface area contributed by atoms with E-state index in [0.29, 0.717) is 5.75 Å². The van der Waals surface area contributed by atoms with Crippen LogP contribution in [0.1, 0.15) is 10.4 Å². The van der Waals surface area contributed by atoms with Crippen LogP contribution in [0.5, 0.6) is 11.6 Å². The van der Waals surface area contributed by atoms with E-state index < -0.39 is 5.97 Å². The maximum absolute atomic E-state index is 11.0. The van der Waals surface area contributed by atoms with Gasteiger partial charge in [0.05, 0.1) is 11.9 Å². The van der Waals surface area contributed by atoms with Crippen LogP contribution in [0.15, 0.2) is 41.0 Å². The normalized spacial score (nSPS) is 10.1. The van der Waals surface area contributed by atoms with Gasteiger partial charge in [0.1, 0.15) is 11.3 Å². The van der Waals surface area contributed by atoms with E-state index >= 15 is 0 Å². The summed E-state index contributed by atoms with van der Waals surface area (Å²) in [5.41, 5.74) is 5.69. The Morgan fingerprint density at radius 2 is 2.17 bits per heavy atom. The van der Waals surface area contributed by atoms with Crippen LogP contribution in [-0.2, 0) is 0 Å². The zero-order chi connectivity index (χ0) is 13.1.